The van der Waals surface area contributed by atoms with E-state index < -0.39 is 11.9 Å². The third-order valence-electron chi connectivity index (χ3n) is 4.06. The van der Waals surface area contributed by atoms with Crippen LogP contribution in [0.5, 0.6) is 0 Å². The van der Waals surface area contributed by atoms with E-state index in [1.807, 2.05) is 13.8 Å². The Morgan fingerprint density at radius 1 is 0.708 bits per heavy atom. The fourth-order valence-electron chi connectivity index (χ4n) is 2.43. The number of hydrogen-bond donors (Lipinski definition) is 2. The molecule has 0 spiro atoms. The van der Waals surface area contributed by atoms with Crippen LogP contribution < -0.4 is 0 Å². The van der Waals surface area contributed by atoms with E-state index in [2.05, 4.69) is 13.8 Å². The van der Waals surface area contributed by atoms with Gasteiger partial charge in [-0.3, -0.25) is 0 Å². The SMILES string of the molecule is CCCC/C(=C/C(C(=O)O)=C(\C=C(/CC)CCCC)C(=O)O)CC. The molecule has 0 saturated heterocycles. The van der Waals surface area contributed by atoms with Crippen molar-refractivity contribution in [2.45, 2.75) is 79.1 Å². The minimum atomic E-state index is -1.18. The molecule has 4 nitrogen and oxygen atoms in total. The Kier molecular flexibility index (Phi) is 11.6. The molecular weight excluding hydrogens is 304 g/mol. The van der Waals surface area contributed by atoms with Gasteiger partial charge in [-0.25, -0.2) is 9.59 Å². The topological polar surface area (TPSA) is 74.6 Å². The third-order valence-corrected chi connectivity index (χ3v) is 4.06. The van der Waals surface area contributed by atoms with Crippen LogP contribution in [-0.4, -0.2) is 22.2 Å². The van der Waals surface area contributed by atoms with Crippen molar-refractivity contribution in [2.75, 3.05) is 0 Å². The van der Waals surface area contributed by atoms with Gasteiger partial charge in [0.2, 0.25) is 0 Å². The lowest BCUT2D eigenvalue weighted by Crippen LogP contribution is -2.10. The molecule has 0 aliphatic heterocycles. The summed E-state index contributed by atoms with van der Waals surface area (Å²) in [6.07, 6.45) is 10.2. The lowest BCUT2D eigenvalue weighted by atomic mass is 9.97. The number of unbranched alkanes of at least 4 members (excludes halogenated alkanes) is 2. The van der Waals surface area contributed by atoms with Gasteiger partial charge in [0.05, 0.1) is 11.1 Å². The van der Waals surface area contributed by atoms with Crippen molar-refractivity contribution >= 4 is 11.9 Å². The molecule has 0 aromatic carbocycles. The summed E-state index contributed by atoms with van der Waals surface area (Å²) in [5.41, 5.74) is 1.73. The van der Waals surface area contributed by atoms with Crippen LogP contribution >= 0.6 is 0 Å². The Labute approximate surface area is 146 Å². The first kappa shape index (κ1) is 22.2. The molecule has 0 radical (unpaired) electrons. The fourth-order valence-corrected chi connectivity index (χ4v) is 2.43. The number of carboxylic acid groups (broad SMARTS) is 2. The number of hydrogen-bond acceptors (Lipinski definition) is 2. The molecular formula is C20H32O4. The van der Waals surface area contributed by atoms with Crippen LogP contribution in [0.2, 0.25) is 0 Å². The molecule has 2 N–H and O–H groups in total. The summed E-state index contributed by atoms with van der Waals surface area (Å²) >= 11 is 0. The smallest absolute Gasteiger partial charge is 0.336 e. The highest BCUT2D eigenvalue weighted by molar-refractivity contribution is 6.03. The summed E-state index contributed by atoms with van der Waals surface area (Å²) in [7, 11) is 0. The molecule has 0 fully saturated rings. The van der Waals surface area contributed by atoms with Gasteiger partial charge < -0.3 is 10.2 Å². The zero-order valence-electron chi connectivity index (χ0n) is 15.5. The Morgan fingerprint density at radius 2 is 1.04 bits per heavy atom. The largest absolute Gasteiger partial charge is 0.478 e. The Hall–Kier alpha value is -1.84. The molecule has 0 bridgehead atoms. The van der Waals surface area contributed by atoms with E-state index in [0.29, 0.717) is 0 Å². The fraction of sp³-hybridized carbons (Fsp3) is 0.600. The number of rotatable bonds is 12. The van der Waals surface area contributed by atoms with Gasteiger partial charge in [-0.1, -0.05) is 51.7 Å². The number of aliphatic carboxylic acids is 2. The minimum Gasteiger partial charge on any atom is -0.478 e. The van der Waals surface area contributed by atoms with Gasteiger partial charge in [-0.2, -0.15) is 0 Å². The quantitative estimate of drug-likeness (QED) is 0.364. The standard InChI is InChI=1S/C20H32O4/c1-5-9-11-15(7-3)13-17(19(21)22)18(20(23)24)14-16(8-4)12-10-6-2/h13-14H,5-12H2,1-4H3,(H,21,22)(H,23,24)/b15-13+,16-14+,18-17-. The molecule has 0 amide bonds. The summed E-state index contributed by atoms with van der Waals surface area (Å²) in [4.78, 5) is 23.3. The predicted octanol–water partition coefficient (Wildman–Crippen LogP) is 5.51. The van der Waals surface area contributed by atoms with Crippen LogP contribution in [0.25, 0.3) is 0 Å². The van der Waals surface area contributed by atoms with Crippen LogP contribution in [0.15, 0.2) is 34.4 Å². The van der Waals surface area contributed by atoms with Crippen LogP contribution in [-0.2, 0) is 9.59 Å². The first-order chi connectivity index (χ1) is 11.4. The van der Waals surface area contributed by atoms with E-state index in [-0.39, 0.29) is 11.1 Å². The normalized spacial score (nSPS) is 13.7. The second kappa shape index (κ2) is 12.6. The van der Waals surface area contributed by atoms with E-state index in [0.717, 1.165) is 62.5 Å². The highest BCUT2D eigenvalue weighted by Crippen LogP contribution is 2.21. The van der Waals surface area contributed by atoms with Crippen molar-refractivity contribution in [1.29, 1.82) is 0 Å². The number of allylic oxidation sites excluding steroid dienone is 2. The predicted molar refractivity (Wildman–Crippen MR) is 98.1 cm³/mol. The Bertz CT molecular complexity index is 464. The molecule has 0 atom stereocenters. The molecule has 0 aromatic heterocycles. The van der Waals surface area contributed by atoms with Gasteiger partial charge in [0.1, 0.15) is 0 Å². The third kappa shape index (κ3) is 8.14. The van der Waals surface area contributed by atoms with E-state index in [1.165, 1.54) is 0 Å². The molecule has 0 rings (SSSR count). The van der Waals surface area contributed by atoms with Crippen molar-refractivity contribution in [3.63, 3.8) is 0 Å². The van der Waals surface area contributed by atoms with Crippen LogP contribution in [0.1, 0.15) is 79.1 Å². The molecule has 0 aliphatic rings. The van der Waals surface area contributed by atoms with Crippen molar-refractivity contribution in [3.05, 3.63) is 34.4 Å². The van der Waals surface area contributed by atoms with Gasteiger partial charge in [-0.15, -0.1) is 0 Å². The molecule has 0 heterocycles. The lowest BCUT2D eigenvalue weighted by Gasteiger charge is -2.09. The van der Waals surface area contributed by atoms with E-state index in [4.69, 9.17) is 0 Å². The molecule has 136 valence electrons. The molecule has 4 heteroatoms. The van der Waals surface area contributed by atoms with Gasteiger partial charge >= 0.3 is 11.9 Å². The maximum absolute atomic E-state index is 11.7. The summed E-state index contributed by atoms with van der Waals surface area (Å²) in [5, 5.41) is 19.1. The summed E-state index contributed by atoms with van der Waals surface area (Å²) < 4.78 is 0. The van der Waals surface area contributed by atoms with Gasteiger partial charge in [0.15, 0.2) is 0 Å². The van der Waals surface area contributed by atoms with Crippen molar-refractivity contribution < 1.29 is 19.8 Å². The maximum Gasteiger partial charge on any atom is 0.336 e. The molecule has 0 aromatic rings. The van der Waals surface area contributed by atoms with Crippen molar-refractivity contribution in [2.24, 2.45) is 0 Å². The number of carbonyl (C=O) groups is 2. The monoisotopic (exact) mass is 336 g/mol. The molecule has 0 saturated carbocycles. The van der Waals surface area contributed by atoms with E-state index in [1.54, 1.807) is 12.2 Å². The zero-order chi connectivity index (χ0) is 18.5. The second-order valence-corrected chi connectivity index (χ2v) is 5.96. The summed E-state index contributed by atoms with van der Waals surface area (Å²) in [6, 6.07) is 0. The van der Waals surface area contributed by atoms with E-state index >= 15 is 0 Å². The Balaban J connectivity index is 5.98. The maximum atomic E-state index is 11.7. The van der Waals surface area contributed by atoms with Gasteiger partial charge in [0.25, 0.3) is 0 Å². The molecule has 0 aliphatic carbocycles. The van der Waals surface area contributed by atoms with Gasteiger partial charge in [0, 0.05) is 0 Å². The molecule has 24 heavy (non-hydrogen) atoms. The average molecular weight is 336 g/mol. The van der Waals surface area contributed by atoms with Crippen LogP contribution in [0, 0.1) is 0 Å². The summed E-state index contributed by atoms with van der Waals surface area (Å²) in [5.74, 6) is -2.37. The Morgan fingerprint density at radius 3 is 1.25 bits per heavy atom. The van der Waals surface area contributed by atoms with Gasteiger partial charge in [-0.05, 0) is 50.7 Å². The van der Waals surface area contributed by atoms with Crippen molar-refractivity contribution in [3.8, 4) is 0 Å². The summed E-state index contributed by atoms with van der Waals surface area (Å²) in [6.45, 7) is 8.09. The lowest BCUT2D eigenvalue weighted by molar-refractivity contribution is -0.135. The van der Waals surface area contributed by atoms with Crippen molar-refractivity contribution in [1.82, 2.24) is 0 Å². The zero-order valence-corrected chi connectivity index (χ0v) is 15.5. The highest BCUT2D eigenvalue weighted by atomic mass is 16.4. The highest BCUT2D eigenvalue weighted by Gasteiger charge is 2.18. The van der Waals surface area contributed by atoms with Crippen LogP contribution in [0.4, 0.5) is 0 Å². The van der Waals surface area contributed by atoms with E-state index in [9.17, 15) is 19.8 Å². The second-order valence-electron chi connectivity index (χ2n) is 5.96. The average Bonchev–Trinajstić information content (AvgIpc) is 2.55. The first-order valence-electron chi connectivity index (χ1n) is 9.00. The van der Waals surface area contributed by atoms with Crippen LogP contribution in [0.3, 0.4) is 0 Å². The minimum absolute atomic E-state index is 0.113. The number of carboxylic acids is 2. The first-order valence-corrected chi connectivity index (χ1v) is 9.00. The molecule has 0 unspecified atom stereocenters.